The number of carbonyl (C=O) groups excluding carboxylic acids is 2. The van der Waals surface area contributed by atoms with Crippen molar-refractivity contribution in [2.24, 2.45) is 0 Å². The Morgan fingerprint density at radius 2 is 1.68 bits per heavy atom. The molecule has 8 heteroatoms. The quantitative estimate of drug-likeness (QED) is 0.626. The van der Waals surface area contributed by atoms with Crippen molar-refractivity contribution in [3.63, 3.8) is 0 Å². The second-order valence-corrected chi connectivity index (χ2v) is 6.95. The summed E-state index contributed by atoms with van der Waals surface area (Å²) in [5.41, 5.74) is 0.884. The molecule has 162 valence electrons. The monoisotopic (exact) mass is 424 g/mol. The van der Waals surface area contributed by atoms with Crippen molar-refractivity contribution in [1.29, 1.82) is 0 Å². The summed E-state index contributed by atoms with van der Waals surface area (Å²) in [5.74, 6) is 0.715. The first-order valence-corrected chi connectivity index (χ1v) is 10.2. The lowest BCUT2D eigenvalue weighted by molar-refractivity contribution is -0.118. The number of nitrogens with zero attached hydrogens (tertiary/aromatic N) is 1. The molecule has 0 aliphatic carbocycles. The molecule has 0 atom stereocenters. The average molecular weight is 424 g/mol. The Hall–Kier alpha value is -3.52. The molecule has 0 bridgehead atoms. The highest BCUT2D eigenvalue weighted by atomic mass is 16.5. The molecule has 1 aliphatic heterocycles. The molecule has 0 saturated carbocycles. The maximum atomic E-state index is 13.0. The first kappa shape index (κ1) is 20.7. The number of benzene rings is 2. The molecule has 0 unspecified atom stereocenters. The van der Waals surface area contributed by atoms with Gasteiger partial charge in [-0.05, 0) is 43.3 Å². The molecule has 4 rings (SSSR count). The van der Waals surface area contributed by atoms with E-state index in [0.29, 0.717) is 55.3 Å². The minimum Gasteiger partial charge on any atom is -0.494 e. The van der Waals surface area contributed by atoms with Gasteiger partial charge in [-0.15, -0.1) is 0 Å². The van der Waals surface area contributed by atoms with Crippen LogP contribution < -0.4 is 14.8 Å². The fraction of sp³-hybridized carbons (Fsp3) is 0.304. The average Bonchev–Trinajstić information content (AvgIpc) is 3.17. The number of ether oxygens (including phenoxy) is 3. The van der Waals surface area contributed by atoms with E-state index in [-0.39, 0.29) is 18.3 Å². The molecule has 1 aromatic heterocycles. The van der Waals surface area contributed by atoms with Crippen LogP contribution in [0.15, 0.2) is 52.9 Å². The minimum absolute atomic E-state index is 0.109. The van der Waals surface area contributed by atoms with Crippen molar-refractivity contribution in [2.45, 2.75) is 6.92 Å². The summed E-state index contributed by atoms with van der Waals surface area (Å²) >= 11 is 0. The van der Waals surface area contributed by atoms with Gasteiger partial charge in [0.1, 0.15) is 22.8 Å². The Morgan fingerprint density at radius 1 is 1.00 bits per heavy atom. The molecule has 31 heavy (non-hydrogen) atoms. The van der Waals surface area contributed by atoms with Crippen LogP contribution in [0.25, 0.3) is 11.0 Å². The number of rotatable bonds is 7. The minimum atomic E-state index is -0.392. The van der Waals surface area contributed by atoms with Crippen LogP contribution in [0.4, 0.5) is 5.69 Å². The van der Waals surface area contributed by atoms with E-state index in [4.69, 9.17) is 18.6 Å². The number of hydrogen-bond acceptors (Lipinski definition) is 6. The summed E-state index contributed by atoms with van der Waals surface area (Å²) < 4.78 is 22.1. The van der Waals surface area contributed by atoms with Gasteiger partial charge in [-0.1, -0.05) is 12.1 Å². The number of nitrogens with one attached hydrogen (secondary N) is 1. The highest BCUT2D eigenvalue weighted by molar-refractivity contribution is 6.11. The van der Waals surface area contributed by atoms with Crippen molar-refractivity contribution in [3.8, 4) is 11.5 Å². The molecule has 1 saturated heterocycles. The predicted octanol–water partition coefficient (Wildman–Crippen LogP) is 3.32. The van der Waals surface area contributed by atoms with Gasteiger partial charge in [-0.2, -0.15) is 0 Å². The number of fused-ring (bicyclic) bond motifs is 1. The Bertz CT molecular complexity index is 1050. The summed E-state index contributed by atoms with van der Waals surface area (Å²) in [6.07, 6.45) is 0. The van der Waals surface area contributed by atoms with Crippen molar-refractivity contribution in [1.82, 2.24) is 4.90 Å². The van der Waals surface area contributed by atoms with E-state index < -0.39 is 5.91 Å². The zero-order chi connectivity index (χ0) is 21.6. The first-order valence-electron chi connectivity index (χ1n) is 10.2. The van der Waals surface area contributed by atoms with Gasteiger partial charge in [0.2, 0.25) is 5.76 Å². The van der Waals surface area contributed by atoms with E-state index in [2.05, 4.69) is 5.32 Å². The van der Waals surface area contributed by atoms with Crippen molar-refractivity contribution in [3.05, 3.63) is 54.3 Å². The number of anilines is 1. The van der Waals surface area contributed by atoms with E-state index >= 15 is 0 Å². The number of furan rings is 1. The summed E-state index contributed by atoms with van der Waals surface area (Å²) in [7, 11) is 0. The second kappa shape index (κ2) is 9.53. The molecule has 8 nitrogen and oxygen atoms in total. The van der Waals surface area contributed by atoms with Crippen molar-refractivity contribution in [2.75, 3.05) is 44.8 Å². The predicted molar refractivity (Wildman–Crippen MR) is 115 cm³/mol. The maximum Gasteiger partial charge on any atom is 0.291 e. The van der Waals surface area contributed by atoms with E-state index in [1.165, 1.54) is 0 Å². The summed E-state index contributed by atoms with van der Waals surface area (Å²) in [6, 6.07) is 14.2. The molecule has 3 aromatic rings. The van der Waals surface area contributed by atoms with Gasteiger partial charge >= 0.3 is 0 Å². The highest BCUT2D eigenvalue weighted by Crippen LogP contribution is 2.32. The van der Waals surface area contributed by atoms with Crippen LogP contribution in [0.1, 0.15) is 17.5 Å². The van der Waals surface area contributed by atoms with E-state index in [0.717, 1.165) is 5.75 Å². The number of hydrogen-bond donors (Lipinski definition) is 1. The number of para-hydroxylation sites is 1. The van der Waals surface area contributed by atoms with Crippen LogP contribution >= 0.6 is 0 Å². The maximum absolute atomic E-state index is 13.0. The molecule has 1 fully saturated rings. The van der Waals surface area contributed by atoms with Gasteiger partial charge in [-0.25, -0.2) is 0 Å². The Balaban J connectivity index is 1.48. The number of amides is 2. The van der Waals surface area contributed by atoms with Crippen molar-refractivity contribution < 1.29 is 28.2 Å². The Labute approximate surface area is 179 Å². The van der Waals surface area contributed by atoms with Crippen LogP contribution in [0.3, 0.4) is 0 Å². The molecule has 2 aromatic carbocycles. The summed E-state index contributed by atoms with van der Waals surface area (Å²) in [4.78, 5) is 27.3. The van der Waals surface area contributed by atoms with Gasteiger partial charge < -0.3 is 28.8 Å². The molecule has 2 amide bonds. The lowest BCUT2D eigenvalue weighted by Crippen LogP contribution is -2.40. The van der Waals surface area contributed by atoms with Crippen LogP contribution in [-0.2, 0) is 9.53 Å². The Kier molecular flexibility index (Phi) is 6.37. The van der Waals surface area contributed by atoms with Gasteiger partial charge in [0.25, 0.3) is 11.8 Å². The SMILES string of the molecule is CCOc1ccc(OCC(=O)Nc2c(C(=O)N3CCOCC3)oc3ccccc23)cc1. The smallest absolute Gasteiger partial charge is 0.291 e. The van der Waals surface area contributed by atoms with E-state index in [1.54, 1.807) is 41.3 Å². The molecule has 2 heterocycles. The van der Waals surface area contributed by atoms with Crippen LogP contribution in [-0.4, -0.2) is 56.2 Å². The van der Waals surface area contributed by atoms with Crippen LogP contribution in [0.5, 0.6) is 11.5 Å². The van der Waals surface area contributed by atoms with E-state index in [1.807, 2.05) is 19.1 Å². The number of carbonyl (C=O) groups is 2. The fourth-order valence-corrected chi connectivity index (χ4v) is 3.35. The van der Waals surface area contributed by atoms with Gasteiger partial charge in [0.15, 0.2) is 6.61 Å². The van der Waals surface area contributed by atoms with E-state index in [9.17, 15) is 9.59 Å². The standard InChI is InChI=1S/C23H24N2O6/c1-2-29-16-7-9-17(10-8-16)30-15-20(26)24-21-18-5-3-4-6-19(18)31-22(21)23(27)25-11-13-28-14-12-25/h3-10H,2,11-15H2,1H3,(H,24,26). The fourth-order valence-electron chi connectivity index (χ4n) is 3.35. The topological polar surface area (TPSA) is 90.2 Å². The van der Waals surface area contributed by atoms with Crippen LogP contribution in [0.2, 0.25) is 0 Å². The largest absolute Gasteiger partial charge is 0.494 e. The lowest BCUT2D eigenvalue weighted by atomic mass is 10.2. The zero-order valence-corrected chi connectivity index (χ0v) is 17.3. The third-order valence-corrected chi connectivity index (χ3v) is 4.86. The van der Waals surface area contributed by atoms with Crippen LogP contribution in [0, 0.1) is 0 Å². The normalized spacial score (nSPS) is 13.8. The molecule has 1 N–H and O–H groups in total. The van der Waals surface area contributed by atoms with Gasteiger partial charge in [-0.3, -0.25) is 9.59 Å². The molecular weight excluding hydrogens is 400 g/mol. The summed E-state index contributed by atoms with van der Waals surface area (Å²) in [6.45, 7) is 4.18. The highest BCUT2D eigenvalue weighted by Gasteiger charge is 2.27. The molecule has 0 radical (unpaired) electrons. The van der Waals surface area contributed by atoms with Crippen molar-refractivity contribution >= 4 is 28.5 Å². The summed E-state index contributed by atoms with van der Waals surface area (Å²) in [5, 5.41) is 3.46. The molecule has 0 spiro atoms. The lowest BCUT2D eigenvalue weighted by Gasteiger charge is -2.26. The molecule has 1 aliphatic rings. The molecular formula is C23H24N2O6. The third-order valence-electron chi connectivity index (χ3n) is 4.86. The van der Waals surface area contributed by atoms with Gasteiger partial charge in [0.05, 0.1) is 19.8 Å². The second-order valence-electron chi connectivity index (χ2n) is 6.95. The number of morpholine rings is 1. The zero-order valence-electron chi connectivity index (χ0n) is 17.3. The Morgan fingerprint density at radius 3 is 2.39 bits per heavy atom. The third kappa shape index (κ3) is 4.80. The first-order chi connectivity index (χ1) is 15.2. The van der Waals surface area contributed by atoms with Gasteiger partial charge in [0, 0.05) is 18.5 Å².